The van der Waals surface area contributed by atoms with E-state index < -0.39 is 15.6 Å². The fourth-order valence-electron chi connectivity index (χ4n) is 2.64. The number of likely N-dealkylation sites (tertiary alicyclic amines) is 1. The van der Waals surface area contributed by atoms with Crippen molar-refractivity contribution >= 4 is 27.3 Å². The Bertz CT molecular complexity index is 629. The Hall–Kier alpha value is -1.11. The third kappa shape index (κ3) is 4.21. The van der Waals surface area contributed by atoms with E-state index in [1.807, 2.05) is 6.92 Å². The maximum absolute atomic E-state index is 12.3. The molecule has 1 aliphatic heterocycles. The van der Waals surface area contributed by atoms with Crippen molar-refractivity contribution in [2.45, 2.75) is 30.7 Å². The second-order valence-electron chi connectivity index (χ2n) is 5.81. The summed E-state index contributed by atoms with van der Waals surface area (Å²) in [5.41, 5.74) is 5.89. The Morgan fingerprint density at radius 3 is 2.64 bits per heavy atom. The number of nitrogens with zero attached hydrogens (tertiary/aromatic N) is 1. The minimum atomic E-state index is -3.64. The summed E-state index contributed by atoms with van der Waals surface area (Å²) in [4.78, 5) is 14.0. The second kappa shape index (κ2) is 6.98. The summed E-state index contributed by atoms with van der Waals surface area (Å²) in [6, 6.07) is 5.86. The third-order valence-corrected chi connectivity index (χ3v) is 5.91. The van der Waals surface area contributed by atoms with Gasteiger partial charge in [0, 0.05) is 24.2 Å². The summed E-state index contributed by atoms with van der Waals surface area (Å²) in [6.45, 7) is 3.05. The number of benzene rings is 1. The van der Waals surface area contributed by atoms with Crippen LogP contribution in [0.25, 0.3) is 0 Å². The number of nitrogens with two attached hydrogens (primary N) is 1. The summed E-state index contributed by atoms with van der Waals surface area (Å²) >= 11 is 5.75. The lowest BCUT2D eigenvalue weighted by atomic mass is 9.92. The van der Waals surface area contributed by atoms with E-state index in [4.69, 9.17) is 17.3 Å². The van der Waals surface area contributed by atoms with Gasteiger partial charge in [-0.25, -0.2) is 8.42 Å². The van der Waals surface area contributed by atoms with Crippen LogP contribution >= 0.6 is 11.6 Å². The lowest BCUT2D eigenvalue weighted by molar-refractivity contribution is -0.130. The van der Waals surface area contributed by atoms with E-state index in [1.165, 1.54) is 24.3 Å². The molecule has 0 aromatic heterocycles. The molecule has 2 atom stereocenters. The zero-order valence-electron chi connectivity index (χ0n) is 12.5. The van der Waals surface area contributed by atoms with E-state index in [0.29, 0.717) is 18.1 Å². The molecule has 0 spiro atoms. The van der Waals surface area contributed by atoms with Gasteiger partial charge in [-0.2, -0.15) is 0 Å². The number of piperidine rings is 1. The quantitative estimate of drug-likeness (QED) is 0.901. The van der Waals surface area contributed by atoms with E-state index in [2.05, 4.69) is 0 Å². The average molecular weight is 345 g/mol. The average Bonchev–Trinajstić information content (AvgIpc) is 2.47. The van der Waals surface area contributed by atoms with Crippen molar-refractivity contribution < 1.29 is 13.2 Å². The Balaban J connectivity index is 2.06. The van der Waals surface area contributed by atoms with Crippen molar-refractivity contribution in [3.05, 3.63) is 29.3 Å². The molecule has 0 bridgehead atoms. The predicted molar refractivity (Wildman–Crippen MR) is 86.5 cm³/mol. The van der Waals surface area contributed by atoms with Gasteiger partial charge in [0.05, 0.1) is 4.90 Å². The SMILES string of the molecule is C[C@@H](N)[C@@H]1CCCN(C(=O)CS(=O)(=O)c2ccc(Cl)cc2)C1. The number of halogens is 1. The van der Waals surface area contributed by atoms with Gasteiger partial charge in [-0.1, -0.05) is 11.6 Å². The molecule has 1 aromatic carbocycles. The Morgan fingerprint density at radius 1 is 1.41 bits per heavy atom. The fraction of sp³-hybridized carbons (Fsp3) is 0.533. The van der Waals surface area contributed by atoms with Gasteiger partial charge in [0.25, 0.3) is 0 Å². The van der Waals surface area contributed by atoms with Gasteiger partial charge in [-0.3, -0.25) is 4.79 Å². The summed E-state index contributed by atoms with van der Waals surface area (Å²) in [5, 5.41) is 0.459. The van der Waals surface area contributed by atoms with Gasteiger partial charge in [-0.15, -0.1) is 0 Å². The van der Waals surface area contributed by atoms with Crippen LogP contribution in [0, 0.1) is 5.92 Å². The number of rotatable bonds is 4. The zero-order chi connectivity index (χ0) is 16.3. The van der Waals surface area contributed by atoms with Crippen LogP contribution in [0.3, 0.4) is 0 Å². The van der Waals surface area contributed by atoms with E-state index in [-0.39, 0.29) is 22.8 Å². The van der Waals surface area contributed by atoms with E-state index in [0.717, 1.165) is 12.8 Å². The van der Waals surface area contributed by atoms with Gasteiger partial charge in [0.2, 0.25) is 5.91 Å². The van der Waals surface area contributed by atoms with Crippen LogP contribution < -0.4 is 5.73 Å². The molecule has 7 heteroatoms. The molecule has 2 N–H and O–H groups in total. The normalized spacial score (nSPS) is 20.7. The summed E-state index contributed by atoms with van der Waals surface area (Å²) in [5.74, 6) is -0.642. The third-order valence-electron chi connectivity index (χ3n) is 4.04. The molecule has 0 radical (unpaired) electrons. The van der Waals surface area contributed by atoms with Crippen molar-refractivity contribution in [1.82, 2.24) is 4.90 Å². The van der Waals surface area contributed by atoms with Crippen molar-refractivity contribution in [1.29, 1.82) is 0 Å². The molecule has 1 saturated heterocycles. The van der Waals surface area contributed by atoms with Gasteiger partial charge >= 0.3 is 0 Å². The van der Waals surface area contributed by atoms with Crippen LogP contribution in [0.2, 0.25) is 5.02 Å². The van der Waals surface area contributed by atoms with E-state index in [1.54, 1.807) is 4.90 Å². The Kier molecular flexibility index (Phi) is 5.47. The molecule has 1 aromatic rings. The van der Waals surface area contributed by atoms with Crippen LogP contribution in [0.4, 0.5) is 0 Å². The maximum atomic E-state index is 12.3. The van der Waals surface area contributed by atoms with Gasteiger partial charge in [-0.05, 0) is 49.9 Å². The molecule has 2 rings (SSSR count). The molecule has 1 amide bonds. The minimum absolute atomic E-state index is 0.00322. The first kappa shape index (κ1) is 17.2. The molecule has 0 saturated carbocycles. The van der Waals surface area contributed by atoms with Gasteiger partial charge in [0.1, 0.15) is 5.75 Å². The lowest BCUT2D eigenvalue weighted by Gasteiger charge is -2.34. The number of hydrogen-bond acceptors (Lipinski definition) is 4. The first-order valence-electron chi connectivity index (χ1n) is 7.31. The highest BCUT2D eigenvalue weighted by Gasteiger charge is 2.29. The van der Waals surface area contributed by atoms with Crippen LogP contribution in [-0.2, 0) is 14.6 Å². The smallest absolute Gasteiger partial charge is 0.238 e. The molecule has 1 fully saturated rings. The van der Waals surface area contributed by atoms with Gasteiger partial charge < -0.3 is 10.6 Å². The first-order chi connectivity index (χ1) is 10.3. The van der Waals surface area contributed by atoms with Crippen molar-refractivity contribution in [3.63, 3.8) is 0 Å². The van der Waals surface area contributed by atoms with E-state index in [9.17, 15) is 13.2 Å². The van der Waals surface area contributed by atoms with Crippen molar-refractivity contribution in [2.24, 2.45) is 11.7 Å². The largest absolute Gasteiger partial charge is 0.341 e. The predicted octanol–water partition coefficient (Wildman–Crippen LogP) is 1.70. The minimum Gasteiger partial charge on any atom is -0.341 e. The highest BCUT2D eigenvalue weighted by molar-refractivity contribution is 7.92. The Labute approximate surface area is 136 Å². The Morgan fingerprint density at radius 2 is 2.05 bits per heavy atom. The standard InChI is InChI=1S/C15H21ClN2O3S/c1-11(17)12-3-2-8-18(9-12)15(19)10-22(20,21)14-6-4-13(16)5-7-14/h4-7,11-12H,2-3,8-10,17H2,1H3/t11-,12-/m1/s1. The summed E-state index contributed by atoms with van der Waals surface area (Å²) < 4.78 is 24.6. The summed E-state index contributed by atoms with van der Waals surface area (Å²) in [6.07, 6.45) is 1.84. The summed E-state index contributed by atoms with van der Waals surface area (Å²) in [7, 11) is -3.64. The van der Waals surface area contributed by atoms with Gasteiger partial charge in [0.15, 0.2) is 9.84 Å². The van der Waals surface area contributed by atoms with Crippen LogP contribution in [0.15, 0.2) is 29.2 Å². The van der Waals surface area contributed by atoms with Crippen LogP contribution in [0.5, 0.6) is 0 Å². The molecule has 122 valence electrons. The molecule has 22 heavy (non-hydrogen) atoms. The molecular weight excluding hydrogens is 324 g/mol. The number of carbonyl (C=O) groups is 1. The number of hydrogen-bond donors (Lipinski definition) is 1. The van der Waals surface area contributed by atoms with Crippen molar-refractivity contribution in [3.8, 4) is 0 Å². The highest BCUT2D eigenvalue weighted by atomic mass is 35.5. The molecule has 0 aliphatic carbocycles. The first-order valence-corrected chi connectivity index (χ1v) is 9.34. The number of amides is 1. The number of sulfone groups is 1. The maximum Gasteiger partial charge on any atom is 0.238 e. The van der Waals surface area contributed by atoms with Crippen molar-refractivity contribution in [2.75, 3.05) is 18.8 Å². The molecule has 1 aliphatic rings. The molecule has 0 unspecified atom stereocenters. The molecule has 1 heterocycles. The van der Waals surface area contributed by atoms with Crippen LogP contribution in [-0.4, -0.2) is 44.1 Å². The molecular formula is C15H21ClN2O3S. The number of carbonyl (C=O) groups excluding carboxylic acids is 1. The second-order valence-corrected chi connectivity index (χ2v) is 8.24. The van der Waals surface area contributed by atoms with Crippen LogP contribution in [0.1, 0.15) is 19.8 Å². The fourth-order valence-corrected chi connectivity index (χ4v) is 4.00. The highest BCUT2D eigenvalue weighted by Crippen LogP contribution is 2.20. The lowest BCUT2D eigenvalue weighted by Crippen LogP contribution is -2.46. The monoisotopic (exact) mass is 344 g/mol. The zero-order valence-corrected chi connectivity index (χ0v) is 14.1. The molecule has 5 nitrogen and oxygen atoms in total. The topological polar surface area (TPSA) is 80.5 Å². The van der Waals surface area contributed by atoms with E-state index >= 15 is 0 Å².